The Bertz CT molecular complexity index is 990. The van der Waals surface area contributed by atoms with Crippen LogP contribution in [0.1, 0.15) is 31.2 Å². The van der Waals surface area contributed by atoms with E-state index in [1.807, 2.05) is 0 Å². The lowest BCUT2D eigenvalue weighted by Gasteiger charge is -2.31. The number of benzene rings is 2. The van der Waals surface area contributed by atoms with Crippen LogP contribution >= 0.6 is 0 Å². The highest BCUT2D eigenvalue weighted by Gasteiger charge is 2.59. The second-order valence-corrected chi connectivity index (χ2v) is 6.78. The number of hydrogen-bond donors (Lipinski definition) is 0. The number of carbonyl (C=O) groups excluding carboxylic acids is 2. The number of hydrogen-bond acceptors (Lipinski definition) is 3. The topological polar surface area (TPSA) is 68.8 Å². The van der Waals surface area contributed by atoms with Crippen LogP contribution in [-0.2, 0) is 4.79 Å². The summed E-state index contributed by atoms with van der Waals surface area (Å²) in [5.41, 5.74) is 1.18. The van der Waals surface area contributed by atoms with Crippen LogP contribution in [0.25, 0.3) is 4.85 Å². The number of imide groups is 1. The molecular formula is C21H16N4O2. The zero-order valence-corrected chi connectivity index (χ0v) is 14.6. The maximum absolute atomic E-state index is 13.4. The number of urea groups is 1. The van der Waals surface area contributed by atoms with E-state index in [9.17, 15) is 9.59 Å². The van der Waals surface area contributed by atoms with Crippen molar-refractivity contribution in [2.24, 2.45) is 0 Å². The first kappa shape index (κ1) is 16.8. The summed E-state index contributed by atoms with van der Waals surface area (Å²) in [6.07, 6.45) is 3.01. The van der Waals surface area contributed by atoms with E-state index in [4.69, 9.17) is 11.8 Å². The predicted molar refractivity (Wildman–Crippen MR) is 100 cm³/mol. The summed E-state index contributed by atoms with van der Waals surface area (Å²) in [7, 11) is 0. The van der Waals surface area contributed by atoms with Crippen molar-refractivity contribution in [3.05, 3.63) is 65.5 Å². The van der Waals surface area contributed by atoms with Gasteiger partial charge in [-0.1, -0.05) is 25.0 Å². The zero-order chi connectivity index (χ0) is 19.0. The van der Waals surface area contributed by atoms with Crippen LogP contribution in [0.2, 0.25) is 0 Å². The largest absolute Gasteiger partial charge is 0.336 e. The summed E-state index contributed by atoms with van der Waals surface area (Å²) in [6.45, 7) is 7.06. The van der Waals surface area contributed by atoms with Crippen LogP contribution < -0.4 is 9.80 Å². The van der Waals surface area contributed by atoms with Gasteiger partial charge >= 0.3 is 6.03 Å². The quantitative estimate of drug-likeness (QED) is 0.592. The molecule has 2 fully saturated rings. The number of carbonyl (C=O) groups is 2. The fourth-order valence-electron chi connectivity index (χ4n) is 4.02. The van der Waals surface area contributed by atoms with Gasteiger partial charge in [-0.05, 0) is 49.2 Å². The molecule has 3 amide bonds. The molecule has 0 bridgehead atoms. The molecule has 0 N–H and O–H groups in total. The Morgan fingerprint density at radius 2 is 1.56 bits per heavy atom. The average molecular weight is 356 g/mol. The first-order chi connectivity index (χ1) is 13.1. The van der Waals surface area contributed by atoms with E-state index in [0.717, 1.165) is 12.8 Å². The molecule has 6 heteroatoms. The van der Waals surface area contributed by atoms with Gasteiger partial charge in [0.2, 0.25) is 0 Å². The Balaban J connectivity index is 1.80. The number of anilines is 2. The van der Waals surface area contributed by atoms with Gasteiger partial charge in [-0.2, -0.15) is 5.26 Å². The Hall–Kier alpha value is -3.64. The van der Waals surface area contributed by atoms with Gasteiger partial charge in [-0.25, -0.2) is 14.5 Å². The molecule has 1 aliphatic heterocycles. The third-order valence-corrected chi connectivity index (χ3v) is 5.33. The zero-order valence-electron chi connectivity index (χ0n) is 14.6. The van der Waals surface area contributed by atoms with Crippen molar-refractivity contribution in [3.63, 3.8) is 0 Å². The second-order valence-electron chi connectivity index (χ2n) is 6.78. The third-order valence-electron chi connectivity index (χ3n) is 5.33. The summed E-state index contributed by atoms with van der Waals surface area (Å²) >= 11 is 0. The van der Waals surface area contributed by atoms with E-state index in [1.165, 1.54) is 4.90 Å². The number of nitriles is 1. The minimum absolute atomic E-state index is 0.218. The molecule has 27 heavy (non-hydrogen) atoms. The van der Waals surface area contributed by atoms with Crippen molar-refractivity contribution in [3.8, 4) is 6.07 Å². The van der Waals surface area contributed by atoms with Gasteiger partial charge in [0, 0.05) is 5.69 Å². The van der Waals surface area contributed by atoms with Crippen LogP contribution in [0.4, 0.5) is 21.9 Å². The minimum Gasteiger partial charge on any atom is -0.278 e. The molecule has 1 saturated heterocycles. The van der Waals surface area contributed by atoms with Crippen molar-refractivity contribution in [1.82, 2.24) is 0 Å². The van der Waals surface area contributed by atoms with Crippen molar-refractivity contribution >= 4 is 29.0 Å². The van der Waals surface area contributed by atoms with Gasteiger partial charge in [-0.3, -0.25) is 9.69 Å². The van der Waals surface area contributed by atoms with Crippen molar-refractivity contribution in [2.45, 2.75) is 31.2 Å². The Kier molecular flexibility index (Phi) is 3.90. The fourth-order valence-corrected chi connectivity index (χ4v) is 4.02. The molecule has 2 aromatic rings. The molecule has 1 saturated carbocycles. The maximum Gasteiger partial charge on any atom is 0.336 e. The highest BCUT2D eigenvalue weighted by atomic mass is 16.2. The highest BCUT2D eigenvalue weighted by molar-refractivity contribution is 6.30. The molecule has 1 heterocycles. The first-order valence-electron chi connectivity index (χ1n) is 8.77. The summed E-state index contributed by atoms with van der Waals surface area (Å²) in [5, 5.41) is 9.01. The van der Waals surface area contributed by atoms with Gasteiger partial charge in [0.15, 0.2) is 5.69 Å². The Morgan fingerprint density at radius 3 is 2.11 bits per heavy atom. The van der Waals surface area contributed by atoms with Crippen LogP contribution in [0.5, 0.6) is 0 Å². The summed E-state index contributed by atoms with van der Waals surface area (Å²) in [6, 6.07) is 14.9. The van der Waals surface area contributed by atoms with E-state index in [-0.39, 0.29) is 11.9 Å². The fraction of sp³-hybridized carbons (Fsp3) is 0.238. The lowest BCUT2D eigenvalue weighted by atomic mass is 9.94. The molecule has 2 aliphatic rings. The standard InChI is InChI=1S/C21H16N4O2/c1-23-16-6-10-17(11-7-16)24-19(26)21(12-2-3-13-21)25(20(24)27)18-8-4-15(14-22)5-9-18/h4-11H,2-3,12-13H2. The second kappa shape index (κ2) is 6.26. The summed E-state index contributed by atoms with van der Waals surface area (Å²) in [4.78, 5) is 32.8. The Morgan fingerprint density at radius 1 is 0.963 bits per heavy atom. The maximum atomic E-state index is 13.4. The molecule has 0 radical (unpaired) electrons. The van der Waals surface area contributed by atoms with Crippen molar-refractivity contribution in [2.75, 3.05) is 9.80 Å². The third kappa shape index (κ3) is 2.46. The van der Waals surface area contributed by atoms with E-state index in [1.54, 1.807) is 53.4 Å². The van der Waals surface area contributed by atoms with Crippen LogP contribution in [-0.4, -0.2) is 17.5 Å². The monoisotopic (exact) mass is 356 g/mol. The summed E-state index contributed by atoms with van der Waals surface area (Å²) in [5.74, 6) is -0.218. The molecule has 0 unspecified atom stereocenters. The number of rotatable bonds is 2. The van der Waals surface area contributed by atoms with Crippen LogP contribution in [0, 0.1) is 17.9 Å². The Labute approximate surface area is 157 Å². The summed E-state index contributed by atoms with van der Waals surface area (Å²) < 4.78 is 0. The van der Waals surface area contributed by atoms with E-state index in [0.29, 0.717) is 35.5 Å². The molecule has 6 nitrogen and oxygen atoms in total. The van der Waals surface area contributed by atoms with E-state index < -0.39 is 5.54 Å². The molecule has 0 atom stereocenters. The first-order valence-corrected chi connectivity index (χ1v) is 8.77. The average Bonchev–Trinajstić information content (AvgIpc) is 3.27. The van der Waals surface area contributed by atoms with Crippen LogP contribution in [0.15, 0.2) is 48.5 Å². The van der Waals surface area contributed by atoms with Gasteiger partial charge < -0.3 is 0 Å². The molecule has 1 spiro atoms. The van der Waals surface area contributed by atoms with Crippen LogP contribution in [0.3, 0.4) is 0 Å². The molecule has 132 valence electrons. The van der Waals surface area contributed by atoms with Gasteiger partial charge in [0.25, 0.3) is 5.91 Å². The van der Waals surface area contributed by atoms with Gasteiger partial charge in [0.05, 0.1) is 23.9 Å². The molecule has 1 aliphatic carbocycles. The SMILES string of the molecule is [C-]#[N+]c1ccc(N2C(=O)N(c3ccc(C#N)cc3)C3(CCCC3)C2=O)cc1. The minimum atomic E-state index is -0.871. The number of amides is 3. The molecular weight excluding hydrogens is 340 g/mol. The normalized spacial score (nSPS) is 18.0. The molecule has 4 rings (SSSR count). The molecule has 2 aromatic carbocycles. The predicted octanol–water partition coefficient (Wildman–Crippen LogP) is 4.40. The van der Waals surface area contributed by atoms with E-state index >= 15 is 0 Å². The van der Waals surface area contributed by atoms with Gasteiger partial charge in [0.1, 0.15) is 5.54 Å². The van der Waals surface area contributed by atoms with Crippen molar-refractivity contribution < 1.29 is 9.59 Å². The highest BCUT2D eigenvalue weighted by Crippen LogP contribution is 2.45. The van der Waals surface area contributed by atoms with Gasteiger partial charge in [-0.15, -0.1) is 0 Å². The lowest BCUT2D eigenvalue weighted by Crippen LogP contribution is -2.47. The van der Waals surface area contributed by atoms with E-state index in [2.05, 4.69) is 10.9 Å². The lowest BCUT2D eigenvalue weighted by molar-refractivity contribution is -0.121. The molecule has 0 aromatic heterocycles. The smallest absolute Gasteiger partial charge is 0.278 e. The number of nitrogens with zero attached hydrogens (tertiary/aromatic N) is 4. The van der Waals surface area contributed by atoms with Crippen molar-refractivity contribution in [1.29, 1.82) is 5.26 Å².